The highest BCUT2D eigenvalue weighted by Crippen LogP contribution is 2.30. The topological polar surface area (TPSA) is 12.9 Å². The van der Waals surface area contributed by atoms with Crippen LogP contribution in [0.2, 0.25) is 0 Å². The maximum Gasteiger partial charge on any atom is 0.416 e. The molecule has 158 valence electrons. The van der Waals surface area contributed by atoms with Gasteiger partial charge in [-0.25, -0.2) is 4.98 Å². The molecule has 1 nitrogen and oxygen atoms in total. The van der Waals surface area contributed by atoms with E-state index in [1.807, 2.05) is 16.8 Å². The highest BCUT2D eigenvalue weighted by molar-refractivity contribution is 7.22. The van der Waals surface area contributed by atoms with Gasteiger partial charge in [-0.05, 0) is 10.8 Å². The van der Waals surface area contributed by atoms with Crippen LogP contribution in [0.3, 0.4) is 0 Å². The summed E-state index contributed by atoms with van der Waals surface area (Å²) in [5.74, 6) is 0. The number of rotatable bonds is 4. The second-order valence-electron chi connectivity index (χ2n) is 6.71. The standard InChI is InChI=1S/C21H12BF6NS2/c23-20(24,25)13-1-5-15(6-2-13)22(16-7-3-14(4-8-16)21(26,27)28)17-9-11-30-18(17)19-29-10-12-31-19/h1-12H. The third-order valence-electron chi connectivity index (χ3n) is 4.78. The largest absolute Gasteiger partial charge is 0.416 e. The summed E-state index contributed by atoms with van der Waals surface area (Å²) >= 11 is 2.84. The van der Waals surface area contributed by atoms with Crippen LogP contribution in [-0.4, -0.2) is 11.7 Å². The molecule has 0 radical (unpaired) electrons. The summed E-state index contributed by atoms with van der Waals surface area (Å²) in [6.45, 7) is -0.547. The van der Waals surface area contributed by atoms with Crippen molar-refractivity contribution in [2.24, 2.45) is 0 Å². The summed E-state index contributed by atoms with van der Waals surface area (Å²) in [4.78, 5) is 5.15. The van der Waals surface area contributed by atoms with Gasteiger partial charge in [-0.15, -0.1) is 22.7 Å². The Morgan fingerprint density at radius 2 is 1.16 bits per heavy atom. The number of halogens is 6. The molecule has 4 rings (SSSR count). The van der Waals surface area contributed by atoms with E-state index in [1.54, 1.807) is 6.20 Å². The highest BCUT2D eigenvalue weighted by atomic mass is 32.1. The minimum absolute atomic E-state index is 0.545. The molecule has 0 N–H and O–H groups in total. The zero-order chi connectivity index (χ0) is 22.2. The quantitative estimate of drug-likeness (QED) is 0.289. The third kappa shape index (κ3) is 4.55. The van der Waals surface area contributed by atoms with Crippen LogP contribution in [0, 0.1) is 0 Å². The van der Waals surface area contributed by atoms with E-state index in [-0.39, 0.29) is 0 Å². The van der Waals surface area contributed by atoms with Gasteiger partial charge >= 0.3 is 12.4 Å². The first-order valence-corrected chi connectivity index (χ1v) is 10.7. The summed E-state index contributed by atoms with van der Waals surface area (Å²) in [7, 11) is 0. The van der Waals surface area contributed by atoms with Crippen LogP contribution in [-0.2, 0) is 12.4 Å². The van der Waals surface area contributed by atoms with Crippen molar-refractivity contribution in [1.29, 1.82) is 0 Å². The first-order chi connectivity index (χ1) is 14.6. The Hall–Kier alpha value is -2.59. The van der Waals surface area contributed by atoms with E-state index in [2.05, 4.69) is 4.98 Å². The molecular formula is C21H12BF6NS2. The predicted octanol–water partition coefficient (Wildman–Crippen LogP) is 5.43. The predicted molar refractivity (Wildman–Crippen MR) is 113 cm³/mol. The summed E-state index contributed by atoms with van der Waals surface area (Å²) in [6.07, 6.45) is -7.30. The molecule has 0 atom stereocenters. The fraction of sp³-hybridized carbons (Fsp3) is 0.0952. The Morgan fingerprint density at radius 1 is 0.645 bits per heavy atom. The average Bonchev–Trinajstić information content (AvgIpc) is 3.39. The van der Waals surface area contributed by atoms with Crippen LogP contribution in [0.1, 0.15) is 11.1 Å². The van der Waals surface area contributed by atoms with Crippen molar-refractivity contribution in [1.82, 2.24) is 4.98 Å². The molecule has 2 aromatic carbocycles. The fourth-order valence-corrected chi connectivity index (χ4v) is 5.05. The van der Waals surface area contributed by atoms with Crippen molar-refractivity contribution >= 4 is 45.8 Å². The summed E-state index contributed by atoms with van der Waals surface area (Å²) in [5, 5.41) is 4.39. The van der Waals surface area contributed by atoms with Crippen molar-refractivity contribution in [3.8, 4) is 9.88 Å². The first-order valence-electron chi connectivity index (χ1n) is 8.96. The minimum Gasteiger partial charge on any atom is -0.244 e. The number of benzene rings is 2. The lowest BCUT2D eigenvalue weighted by Crippen LogP contribution is -2.52. The van der Waals surface area contributed by atoms with Crippen molar-refractivity contribution in [2.45, 2.75) is 12.4 Å². The fourth-order valence-electron chi connectivity index (χ4n) is 3.34. The van der Waals surface area contributed by atoms with Gasteiger partial charge in [-0.1, -0.05) is 65.5 Å². The van der Waals surface area contributed by atoms with Crippen LogP contribution < -0.4 is 16.4 Å². The van der Waals surface area contributed by atoms with Gasteiger partial charge in [0.05, 0.1) is 16.0 Å². The van der Waals surface area contributed by atoms with E-state index in [4.69, 9.17) is 0 Å². The van der Waals surface area contributed by atoms with E-state index in [0.29, 0.717) is 10.9 Å². The molecule has 0 fully saturated rings. The van der Waals surface area contributed by atoms with Crippen LogP contribution in [0.5, 0.6) is 0 Å². The van der Waals surface area contributed by atoms with Crippen molar-refractivity contribution in [3.63, 3.8) is 0 Å². The lowest BCUT2D eigenvalue weighted by atomic mass is 9.37. The smallest absolute Gasteiger partial charge is 0.244 e. The molecule has 2 heterocycles. The van der Waals surface area contributed by atoms with Gasteiger partial charge in [-0.2, -0.15) is 26.3 Å². The SMILES string of the molecule is FC(F)(F)c1ccc(B(c2ccc(C(F)(F)F)cc2)c2ccsc2-c2nccs2)cc1. The first kappa shape index (κ1) is 21.6. The summed E-state index contributed by atoms with van der Waals surface area (Å²) in [6, 6.07) is 11.3. The third-order valence-corrected chi connectivity index (χ3v) is 6.63. The van der Waals surface area contributed by atoms with Crippen LogP contribution in [0.4, 0.5) is 26.3 Å². The minimum atomic E-state index is -4.48. The van der Waals surface area contributed by atoms with E-state index in [0.717, 1.165) is 39.6 Å². The van der Waals surface area contributed by atoms with Gasteiger partial charge in [-0.3, -0.25) is 0 Å². The number of hydrogen-bond acceptors (Lipinski definition) is 3. The molecule has 0 saturated carbocycles. The molecule has 0 amide bonds. The molecule has 2 aromatic heterocycles. The maximum absolute atomic E-state index is 13.0. The molecular weight excluding hydrogens is 455 g/mol. The molecule has 31 heavy (non-hydrogen) atoms. The lowest BCUT2D eigenvalue weighted by molar-refractivity contribution is -0.138. The summed E-state index contributed by atoms with van der Waals surface area (Å²) < 4.78 is 78.1. The monoisotopic (exact) mass is 467 g/mol. The molecule has 0 unspecified atom stereocenters. The van der Waals surface area contributed by atoms with Crippen LogP contribution >= 0.6 is 22.7 Å². The van der Waals surface area contributed by atoms with Gasteiger partial charge in [0.2, 0.25) is 6.71 Å². The number of nitrogens with zero attached hydrogens (tertiary/aromatic N) is 1. The van der Waals surface area contributed by atoms with Crippen LogP contribution in [0.15, 0.2) is 71.6 Å². The normalized spacial score (nSPS) is 12.2. The van der Waals surface area contributed by atoms with Crippen LogP contribution in [0.25, 0.3) is 9.88 Å². The number of hydrogen-bond donors (Lipinski definition) is 0. The Bertz CT molecular complexity index is 1090. The van der Waals surface area contributed by atoms with Gasteiger partial charge < -0.3 is 0 Å². The van der Waals surface area contributed by atoms with Crippen molar-refractivity contribution in [2.75, 3.05) is 0 Å². The van der Waals surface area contributed by atoms with E-state index in [9.17, 15) is 26.3 Å². The van der Waals surface area contributed by atoms with Gasteiger partial charge in [0.25, 0.3) is 0 Å². The van der Waals surface area contributed by atoms with Gasteiger partial charge in [0.1, 0.15) is 5.01 Å². The molecule has 0 spiro atoms. The Balaban J connectivity index is 1.83. The molecule has 0 aliphatic heterocycles. The zero-order valence-corrected chi connectivity index (χ0v) is 17.2. The average molecular weight is 467 g/mol. The zero-order valence-electron chi connectivity index (χ0n) is 15.5. The number of aromatic nitrogens is 1. The lowest BCUT2D eigenvalue weighted by Gasteiger charge is -2.17. The molecule has 0 bridgehead atoms. The summed E-state index contributed by atoms with van der Waals surface area (Å²) in [5.41, 5.74) is 0.299. The van der Waals surface area contributed by atoms with Gasteiger partial charge in [0.15, 0.2) is 0 Å². The van der Waals surface area contributed by atoms with Gasteiger partial charge in [0, 0.05) is 11.6 Å². The molecule has 4 aromatic rings. The number of alkyl halides is 6. The van der Waals surface area contributed by atoms with E-state index >= 15 is 0 Å². The molecule has 10 heteroatoms. The van der Waals surface area contributed by atoms with E-state index < -0.39 is 30.2 Å². The maximum atomic E-state index is 13.0. The van der Waals surface area contributed by atoms with Crippen molar-refractivity contribution in [3.05, 3.63) is 82.7 Å². The highest BCUT2D eigenvalue weighted by Gasteiger charge is 2.33. The number of thiophene rings is 1. The van der Waals surface area contributed by atoms with Crippen molar-refractivity contribution < 1.29 is 26.3 Å². The second kappa shape index (κ2) is 8.16. The second-order valence-corrected chi connectivity index (χ2v) is 8.53. The Morgan fingerprint density at radius 3 is 1.58 bits per heavy atom. The molecule has 0 saturated heterocycles. The van der Waals surface area contributed by atoms with E-state index in [1.165, 1.54) is 46.9 Å². The Kier molecular flexibility index (Phi) is 5.70. The molecule has 0 aliphatic rings. The number of thiazole rings is 1. The Labute approximate surface area is 182 Å². The molecule has 0 aliphatic carbocycles.